The van der Waals surface area contributed by atoms with Gasteiger partial charge in [0.1, 0.15) is 5.52 Å². The molecule has 0 aliphatic carbocycles. The molecule has 2 aromatic rings. The molecule has 1 saturated heterocycles. The zero-order valence-corrected chi connectivity index (χ0v) is 12.3. The highest BCUT2D eigenvalue weighted by Gasteiger charge is 2.29. The zero-order chi connectivity index (χ0) is 14.1. The number of nitrogens with one attached hydrogen (secondary N) is 2. The van der Waals surface area contributed by atoms with E-state index in [4.69, 9.17) is 4.98 Å². The highest BCUT2D eigenvalue weighted by molar-refractivity contribution is 5.84. The summed E-state index contributed by atoms with van der Waals surface area (Å²) in [5, 5.41) is 3.26. The van der Waals surface area contributed by atoms with Crippen LogP contribution in [0, 0.1) is 5.92 Å². The number of nitrogens with zero attached hydrogens (tertiary/aromatic N) is 4. The molecule has 0 amide bonds. The largest absolute Gasteiger partial charge is 0.354 e. The molecule has 0 saturated carbocycles. The van der Waals surface area contributed by atoms with Gasteiger partial charge in [-0.3, -0.25) is 0 Å². The van der Waals surface area contributed by atoms with E-state index in [0.29, 0.717) is 17.9 Å². The van der Waals surface area contributed by atoms with Crippen LogP contribution in [0.25, 0.3) is 11.2 Å². The van der Waals surface area contributed by atoms with Gasteiger partial charge in [-0.1, -0.05) is 13.8 Å². The van der Waals surface area contributed by atoms with Gasteiger partial charge in [-0.15, -0.1) is 0 Å². The van der Waals surface area contributed by atoms with Gasteiger partial charge in [0.25, 0.3) is 0 Å². The maximum atomic E-state index is 4.71. The van der Waals surface area contributed by atoms with Crippen molar-refractivity contribution in [1.82, 2.24) is 19.9 Å². The lowest BCUT2D eigenvalue weighted by molar-refractivity contribution is 0.625. The Morgan fingerprint density at radius 1 is 1.40 bits per heavy atom. The number of hydrogen-bond donors (Lipinski definition) is 2. The first-order valence-electron chi connectivity index (χ1n) is 7.40. The van der Waals surface area contributed by atoms with E-state index in [1.807, 2.05) is 0 Å². The van der Waals surface area contributed by atoms with Crippen molar-refractivity contribution in [1.29, 1.82) is 0 Å². The Hall–Kier alpha value is -1.85. The molecule has 108 valence electrons. The normalized spacial score (nSPS) is 22.6. The van der Waals surface area contributed by atoms with E-state index in [0.717, 1.165) is 36.5 Å². The standard InChI is InChI=1S/C14H22N6/c1-4-5-15-14-18-12-11(16-8-17-12)13(19-14)20-7-9(2)6-10(20)3/h8-10H,4-7H2,1-3H3,(H2,15,16,17,18,19). The molecular weight excluding hydrogens is 252 g/mol. The van der Waals surface area contributed by atoms with Gasteiger partial charge < -0.3 is 15.2 Å². The van der Waals surface area contributed by atoms with Crippen molar-refractivity contribution in [2.45, 2.75) is 39.7 Å². The third-order valence-corrected chi connectivity index (χ3v) is 3.86. The minimum absolute atomic E-state index is 0.505. The third-order valence-electron chi connectivity index (χ3n) is 3.86. The predicted octanol–water partition coefficient (Wildman–Crippen LogP) is 2.41. The summed E-state index contributed by atoms with van der Waals surface area (Å²) in [6.07, 6.45) is 3.95. The molecule has 2 N–H and O–H groups in total. The van der Waals surface area contributed by atoms with Gasteiger partial charge in [0.15, 0.2) is 11.5 Å². The molecule has 0 bridgehead atoms. The van der Waals surface area contributed by atoms with Crippen molar-refractivity contribution in [3.05, 3.63) is 6.33 Å². The van der Waals surface area contributed by atoms with Crippen LogP contribution in [0.5, 0.6) is 0 Å². The molecule has 2 aromatic heterocycles. The lowest BCUT2D eigenvalue weighted by atomic mass is 10.1. The lowest BCUT2D eigenvalue weighted by Gasteiger charge is -2.23. The molecule has 3 heterocycles. The van der Waals surface area contributed by atoms with Crippen molar-refractivity contribution in [3.63, 3.8) is 0 Å². The van der Waals surface area contributed by atoms with Gasteiger partial charge in [0, 0.05) is 19.1 Å². The molecule has 2 atom stereocenters. The molecule has 20 heavy (non-hydrogen) atoms. The molecule has 6 nitrogen and oxygen atoms in total. The first-order valence-corrected chi connectivity index (χ1v) is 7.40. The van der Waals surface area contributed by atoms with Crippen LogP contribution in [-0.2, 0) is 0 Å². The second-order valence-corrected chi connectivity index (χ2v) is 5.74. The van der Waals surface area contributed by atoms with Crippen LogP contribution in [0.3, 0.4) is 0 Å². The van der Waals surface area contributed by atoms with Crippen molar-refractivity contribution in [3.8, 4) is 0 Å². The lowest BCUT2D eigenvalue weighted by Crippen LogP contribution is -2.28. The van der Waals surface area contributed by atoms with E-state index in [1.54, 1.807) is 6.33 Å². The van der Waals surface area contributed by atoms with Gasteiger partial charge in [-0.2, -0.15) is 9.97 Å². The average Bonchev–Trinajstić information content (AvgIpc) is 3.01. The summed E-state index contributed by atoms with van der Waals surface area (Å²) in [7, 11) is 0. The van der Waals surface area contributed by atoms with Gasteiger partial charge in [0.05, 0.1) is 6.33 Å². The van der Waals surface area contributed by atoms with Crippen LogP contribution in [0.4, 0.5) is 11.8 Å². The van der Waals surface area contributed by atoms with Crippen LogP contribution in [-0.4, -0.2) is 39.1 Å². The molecule has 1 aliphatic rings. The Morgan fingerprint density at radius 2 is 2.25 bits per heavy atom. The highest BCUT2D eigenvalue weighted by atomic mass is 15.3. The van der Waals surface area contributed by atoms with Crippen molar-refractivity contribution in [2.24, 2.45) is 5.92 Å². The summed E-state index contributed by atoms with van der Waals surface area (Å²) >= 11 is 0. The van der Waals surface area contributed by atoms with E-state index in [2.05, 4.69) is 45.9 Å². The topological polar surface area (TPSA) is 69.7 Å². The molecule has 1 fully saturated rings. The fraction of sp³-hybridized carbons (Fsp3) is 0.643. The number of imidazole rings is 1. The molecule has 2 unspecified atom stereocenters. The zero-order valence-electron chi connectivity index (χ0n) is 12.3. The number of hydrogen-bond acceptors (Lipinski definition) is 5. The van der Waals surface area contributed by atoms with Gasteiger partial charge in [0.2, 0.25) is 5.95 Å². The average molecular weight is 274 g/mol. The number of rotatable bonds is 4. The Bertz CT molecular complexity index is 592. The number of aromatic amines is 1. The van der Waals surface area contributed by atoms with Gasteiger partial charge in [-0.25, -0.2) is 4.98 Å². The van der Waals surface area contributed by atoms with Crippen LogP contribution in [0.1, 0.15) is 33.6 Å². The molecule has 0 radical (unpaired) electrons. The Labute approximate surface area is 119 Å². The van der Waals surface area contributed by atoms with Crippen LogP contribution in [0.2, 0.25) is 0 Å². The second-order valence-electron chi connectivity index (χ2n) is 5.74. The van der Waals surface area contributed by atoms with Gasteiger partial charge >= 0.3 is 0 Å². The first kappa shape index (κ1) is 13.1. The van der Waals surface area contributed by atoms with E-state index in [9.17, 15) is 0 Å². The third kappa shape index (κ3) is 2.30. The summed E-state index contributed by atoms with van der Waals surface area (Å²) in [4.78, 5) is 19.0. The van der Waals surface area contributed by atoms with E-state index in [1.165, 1.54) is 6.42 Å². The minimum atomic E-state index is 0.505. The molecular formula is C14H22N6. The highest BCUT2D eigenvalue weighted by Crippen LogP contribution is 2.31. The SMILES string of the molecule is CCCNc1nc(N2CC(C)CC2C)c2[nH]cnc2n1. The number of aromatic nitrogens is 4. The number of H-pyrrole nitrogens is 1. The fourth-order valence-corrected chi connectivity index (χ4v) is 2.94. The molecule has 0 spiro atoms. The summed E-state index contributed by atoms with van der Waals surface area (Å²) in [6.45, 7) is 8.59. The number of anilines is 2. The summed E-state index contributed by atoms with van der Waals surface area (Å²) in [5.41, 5.74) is 1.67. The van der Waals surface area contributed by atoms with Crippen molar-refractivity contribution in [2.75, 3.05) is 23.3 Å². The Morgan fingerprint density at radius 3 is 2.95 bits per heavy atom. The summed E-state index contributed by atoms with van der Waals surface area (Å²) < 4.78 is 0. The van der Waals surface area contributed by atoms with Crippen molar-refractivity contribution < 1.29 is 0 Å². The monoisotopic (exact) mass is 274 g/mol. The van der Waals surface area contributed by atoms with E-state index >= 15 is 0 Å². The number of fused-ring (bicyclic) bond motifs is 1. The molecule has 3 rings (SSSR count). The first-order chi connectivity index (χ1) is 9.69. The quantitative estimate of drug-likeness (QED) is 0.896. The molecule has 1 aliphatic heterocycles. The maximum Gasteiger partial charge on any atom is 0.226 e. The smallest absolute Gasteiger partial charge is 0.226 e. The summed E-state index contributed by atoms with van der Waals surface area (Å²) in [6, 6.07) is 0.505. The van der Waals surface area contributed by atoms with Crippen LogP contribution in [0.15, 0.2) is 6.33 Å². The maximum absolute atomic E-state index is 4.71. The predicted molar refractivity (Wildman–Crippen MR) is 81.1 cm³/mol. The van der Waals surface area contributed by atoms with E-state index in [-0.39, 0.29) is 0 Å². The van der Waals surface area contributed by atoms with Crippen LogP contribution < -0.4 is 10.2 Å². The van der Waals surface area contributed by atoms with Crippen molar-refractivity contribution >= 4 is 22.9 Å². The minimum Gasteiger partial charge on any atom is -0.354 e. The second kappa shape index (κ2) is 5.26. The fourth-order valence-electron chi connectivity index (χ4n) is 2.94. The summed E-state index contributed by atoms with van der Waals surface area (Å²) in [5.74, 6) is 2.35. The molecule has 6 heteroatoms. The Kier molecular flexibility index (Phi) is 3.46. The van der Waals surface area contributed by atoms with Crippen LogP contribution >= 0.6 is 0 Å². The van der Waals surface area contributed by atoms with E-state index < -0.39 is 0 Å². The molecule has 0 aromatic carbocycles. The Balaban J connectivity index is 2.01. The van der Waals surface area contributed by atoms with Gasteiger partial charge in [-0.05, 0) is 25.7 Å².